The molecule has 34 heavy (non-hydrogen) atoms. The van der Waals surface area contributed by atoms with Crippen LogP contribution in [0, 0.1) is 11.8 Å². The van der Waals surface area contributed by atoms with E-state index in [1.165, 1.54) is 6.07 Å². The summed E-state index contributed by atoms with van der Waals surface area (Å²) in [6.45, 7) is -0.649. The molecule has 5 N–H and O–H groups in total. The molecular formula is C26H24ClNO6. The summed E-state index contributed by atoms with van der Waals surface area (Å²) in [5.74, 6) is 3.80. The first-order chi connectivity index (χ1) is 16.3. The fourth-order valence-corrected chi connectivity index (χ4v) is 4.02. The molecule has 0 aliphatic carbocycles. The standard InChI is InChI=1S/C26H24ClNO6/c27-21-10-9-20(26(33)25(32)24(31)23(30)22(15-29)34-26)13-19(21)12-17-6-3-16(4-7-17)5-8-18-2-1-11-28-14-18/h1-4,6-7,9-11,13-14,22-25,29-33H,12,15H2/t22-,23-,24+,25-,26-/m1/s1. The molecule has 1 aromatic heterocycles. The van der Waals surface area contributed by atoms with Gasteiger partial charge in [-0.15, -0.1) is 0 Å². The fraction of sp³-hybridized carbons (Fsp3) is 0.269. The quantitative estimate of drug-likeness (QED) is 0.356. The third-order valence-corrected chi connectivity index (χ3v) is 6.16. The lowest BCUT2D eigenvalue weighted by Crippen LogP contribution is -2.63. The number of nitrogens with zero attached hydrogens (tertiary/aromatic N) is 1. The topological polar surface area (TPSA) is 123 Å². The SMILES string of the molecule is OC[C@H]1O[C@](O)(c2ccc(Cl)c(Cc3ccc(C#Cc4cccnc4)cc3)c2)[C@H](O)[C@@H](O)[C@@H]1O. The number of aliphatic hydroxyl groups is 5. The monoisotopic (exact) mass is 481 g/mol. The summed E-state index contributed by atoms with van der Waals surface area (Å²) in [5.41, 5.74) is 3.39. The lowest BCUT2D eigenvalue weighted by Gasteiger charge is -2.45. The van der Waals surface area contributed by atoms with Gasteiger partial charge in [-0.1, -0.05) is 41.6 Å². The molecule has 1 saturated heterocycles. The molecule has 0 unspecified atom stereocenters. The summed E-state index contributed by atoms with van der Waals surface area (Å²) in [4.78, 5) is 4.04. The third kappa shape index (κ3) is 4.99. The highest BCUT2D eigenvalue weighted by molar-refractivity contribution is 6.31. The van der Waals surface area contributed by atoms with E-state index in [4.69, 9.17) is 16.3 Å². The van der Waals surface area contributed by atoms with Crippen molar-refractivity contribution in [3.63, 3.8) is 0 Å². The molecule has 4 rings (SSSR count). The van der Waals surface area contributed by atoms with E-state index in [2.05, 4.69) is 16.8 Å². The molecule has 0 spiro atoms. The van der Waals surface area contributed by atoms with Crippen LogP contribution in [0.25, 0.3) is 0 Å². The zero-order valence-corrected chi connectivity index (χ0v) is 18.8. The van der Waals surface area contributed by atoms with Crippen molar-refractivity contribution in [1.29, 1.82) is 0 Å². The van der Waals surface area contributed by atoms with E-state index >= 15 is 0 Å². The molecule has 1 aliphatic rings. The zero-order valence-electron chi connectivity index (χ0n) is 18.0. The van der Waals surface area contributed by atoms with Crippen molar-refractivity contribution in [3.8, 4) is 11.8 Å². The molecule has 5 atom stereocenters. The predicted octanol–water partition coefficient (Wildman–Crippen LogP) is 1.34. The fourth-order valence-electron chi connectivity index (χ4n) is 3.83. The van der Waals surface area contributed by atoms with Crippen molar-refractivity contribution >= 4 is 11.6 Å². The lowest BCUT2D eigenvalue weighted by atomic mass is 9.87. The summed E-state index contributed by atoms with van der Waals surface area (Å²) >= 11 is 6.38. The van der Waals surface area contributed by atoms with E-state index in [-0.39, 0.29) is 5.56 Å². The van der Waals surface area contributed by atoms with Gasteiger partial charge in [0.15, 0.2) is 0 Å². The maximum atomic E-state index is 11.1. The largest absolute Gasteiger partial charge is 0.394 e. The Morgan fingerprint density at radius 1 is 0.971 bits per heavy atom. The van der Waals surface area contributed by atoms with Crippen LogP contribution in [-0.4, -0.2) is 61.5 Å². The van der Waals surface area contributed by atoms with Crippen molar-refractivity contribution in [2.75, 3.05) is 6.61 Å². The molecule has 176 valence electrons. The van der Waals surface area contributed by atoms with Crippen LogP contribution in [0.2, 0.25) is 5.02 Å². The first kappa shape index (κ1) is 24.3. The molecule has 3 aromatic rings. The second kappa shape index (κ2) is 10.2. The van der Waals surface area contributed by atoms with Crippen LogP contribution in [0.5, 0.6) is 0 Å². The van der Waals surface area contributed by atoms with E-state index in [9.17, 15) is 25.5 Å². The number of pyridine rings is 1. The molecule has 7 nitrogen and oxygen atoms in total. The highest BCUT2D eigenvalue weighted by atomic mass is 35.5. The lowest BCUT2D eigenvalue weighted by molar-refractivity contribution is -0.357. The van der Waals surface area contributed by atoms with Gasteiger partial charge in [-0.25, -0.2) is 0 Å². The molecule has 0 bridgehead atoms. The molecule has 0 radical (unpaired) electrons. The van der Waals surface area contributed by atoms with Gasteiger partial charge in [-0.2, -0.15) is 0 Å². The Morgan fingerprint density at radius 2 is 1.71 bits per heavy atom. The van der Waals surface area contributed by atoms with Gasteiger partial charge >= 0.3 is 0 Å². The summed E-state index contributed by atoms with van der Waals surface area (Å²) in [5, 5.41) is 51.5. The Kier molecular flexibility index (Phi) is 7.31. The van der Waals surface area contributed by atoms with E-state index in [0.29, 0.717) is 17.0 Å². The minimum absolute atomic E-state index is 0.141. The first-order valence-electron chi connectivity index (χ1n) is 10.7. The Bertz CT molecular complexity index is 1190. The first-order valence-corrected chi connectivity index (χ1v) is 11.0. The van der Waals surface area contributed by atoms with Crippen molar-refractivity contribution in [1.82, 2.24) is 4.98 Å². The van der Waals surface area contributed by atoms with Crippen LogP contribution in [0.1, 0.15) is 27.8 Å². The molecule has 0 amide bonds. The van der Waals surface area contributed by atoms with Crippen molar-refractivity contribution in [2.24, 2.45) is 0 Å². The van der Waals surface area contributed by atoms with Gasteiger partial charge in [0.2, 0.25) is 5.79 Å². The molecule has 8 heteroatoms. The Balaban J connectivity index is 1.55. The number of aliphatic hydroxyl groups excluding tert-OH is 4. The van der Waals surface area contributed by atoms with Crippen LogP contribution < -0.4 is 0 Å². The highest BCUT2D eigenvalue weighted by Crippen LogP contribution is 2.37. The average molecular weight is 482 g/mol. The van der Waals surface area contributed by atoms with E-state index in [1.54, 1.807) is 24.5 Å². The average Bonchev–Trinajstić information content (AvgIpc) is 2.86. The van der Waals surface area contributed by atoms with E-state index < -0.39 is 36.8 Å². The molecule has 1 aliphatic heterocycles. The van der Waals surface area contributed by atoms with Gasteiger partial charge in [0.25, 0.3) is 0 Å². The van der Waals surface area contributed by atoms with Gasteiger partial charge in [-0.05, 0) is 53.9 Å². The van der Waals surface area contributed by atoms with Gasteiger partial charge in [0, 0.05) is 34.1 Å². The Labute approximate surface area is 201 Å². The normalized spacial score (nSPS) is 26.5. The smallest absolute Gasteiger partial charge is 0.222 e. The maximum Gasteiger partial charge on any atom is 0.222 e. The van der Waals surface area contributed by atoms with Crippen LogP contribution >= 0.6 is 11.6 Å². The summed E-state index contributed by atoms with van der Waals surface area (Å²) in [7, 11) is 0. The van der Waals surface area contributed by atoms with Crippen molar-refractivity contribution < 1.29 is 30.3 Å². The van der Waals surface area contributed by atoms with Gasteiger partial charge in [-0.3, -0.25) is 4.98 Å². The molecule has 2 heterocycles. The van der Waals surface area contributed by atoms with Crippen LogP contribution in [-0.2, 0) is 16.9 Å². The zero-order chi connectivity index (χ0) is 24.3. The minimum atomic E-state index is -2.34. The number of ether oxygens (including phenoxy) is 1. The number of rotatable bonds is 4. The third-order valence-electron chi connectivity index (χ3n) is 5.79. The summed E-state index contributed by atoms with van der Waals surface area (Å²) in [6.07, 6.45) is -2.57. The molecule has 2 aromatic carbocycles. The summed E-state index contributed by atoms with van der Waals surface area (Å²) < 4.78 is 5.41. The second-order valence-electron chi connectivity index (χ2n) is 8.13. The van der Waals surface area contributed by atoms with Crippen LogP contribution in [0.3, 0.4) is 0 Å². The molecule has 0 saturated carbocycles. The number of hydrogen-bond donors (Lipinski definition) is 5. The van der Waals surface area contributed by atoms with E-state index in [1.807, 2.05) is 36.4 Å². The van der Waals surface area contributed by atoms with Crippen LogP contribution in [0.15, 0.2) is 67.0 Å². The number of benzene rings is 2. The number of hydrogen-bond acceptors (Lipinski definition) is 7. The van der Waals surface area contributed by atoms with Crippen molar-refractivity contribution in [2.45, 2.75) is 36.6 Å². The van der Waals surface area contributed by atoms with Crippen LogP contribution in [0.4, 0.5) is 0 Å². The highest BCUT2D eigenvalue weighted by Gasteiger charge is 2.53. The second-order valence-corrected chi connectivity index (χ2v) is 8.54. The maximum absolute atomic E-state index is 11.1. The number of aromatic nitrogens is 1. The summed E-state index contributed by atoms with van der Waals surface area (Å²) in [6, 6.07) is 15.9. The molecule has 1 fully saturated rings. The number of halogens is 1. The minimum Gasteiger partial charge on any atom is -0.394 e. The predicted molar refractivity (Wildman–Crippen MR) is 125 cm³/mol. The Morgan fingerprint density at radius 3 is 2.38 bits per heavy atom. The van der Waals surface area contributed by atoms with Gasteiger partial charge in [0.05, 0.1) is 6.61 Å². The van der Waals surface area contributed by atoms with Gasteiger partial charge < -0.3 is 30.3 Å². The Hall–Kier alpha value is -2.80. The molecular weight excluding hydrogens is 458 g/mol. The van der Waals surface area contributed by atoms with E-state index in [0.717, 1.165) is 16.7 Å². The van der Waals surface area contributed by atoms with Crippen molar-refractivity contribution in [3.05, 3.63) is 99.8 Å². The van der Waals surface area contributed by atoms with Gasteiger partial charge in [0.1, 0.15) is 24.4 Å².